The molecule has 2 heterocycles. The van der Waals surface area contributed by atoms with Gasteiger partial charge in [0.15, 0.2) is 0 Å². The van der Waals surface area contributed by atoms with Gasteiger partial charge in [0.05, 0.1) is 120 Å². The molecule has 5 rings (SSSR count). The number of para-hydroxylation sites is 1. The molecule has 0 spiro atoms. The molecular formula is C47H57F3N4O14. The molecule has 1 unspecified atom stereocenters. The van der Waals surface area contributed by atoms with Gasteiger partial charge in [0.25, 0.3) is 11.8 Å². The maximum atomic E-state index is 13.2. The number of piperidine rings is 1. The van der Waals surface area contributed by atoms with E-state index in [2.05, 4.69) is 16.0 Å². The molecule has 0 bridgehead atoms. The monoisotopic (exact) mass is 958 g/mol. The molecule has 3 aromatic carbocycles. The number of amides is 5. The molecular weight excluding hydrogens is 902 g/mol. The topological polar surface area (TPSA) is 216 Å². The maximum Gasteiger partial charge on any atom is 0.416 e. The predicted molar refractivity (Wildman–Crippen MR) is 237 cm³/mol. The van der Waals surface area contributed by atoms with Gasteiger partial charge in [-0.1, -0.05) is 30.7 Å². The number of hydrogen-bond acceptors (Lipinski definition) is 15. The lowest BCUT2D eigenvalue weighted by Crippen LogP contribution is -2.54. The van der Waals surface area contributed by atoms with Crippen molar-refractivity contribution in [3.8, 4) is 0 Å². The first-order valence-corrected chi connectivity index (χ1v) is 22.3. The van der Waals surface area contributed by atoms with Crippen molar-refractivity contribution in [1.82, 2.24) is 10.2 Å². The Bertz CT molecular complexity index is 2140. The Hall–Kier alpha value is -5.81. The van der Waals surface area contributed by atoms with E-state index < -0.39 is 47.4 Å². The molecule has 0 aromatic heterocycles. The molecule has 2 aliphatic rings. The largest absolute Gasteiger partial charge is 0.460 e. The second kappa shape index (κ2) is 28.5. The van der Waals surface area contributed by atoms with Gasteiger partial charge < -0.3 is 48.5 Å². The van der Waals surface area contributed by atoms with Gasteiger partial charge >= 0.3 is 12.1 Å². The van der Waals surface area contributed by atoms with E-state index in [4.69, 9.17) is 37.9 Å². The van der Waals surface area contributed by atoms with Crippen molar-refractivity contribution in [1.29, 1.82) is 0 Å². The fraction of sp³-hybridized carbons (Fsp3) is 0.489. The van der Waals surface area contributed by atoms with E-state index in [0.29, 0.717) is 91.4 Å². The highest BCUT2D eigenvalue weighted by Gasteiger charge is 2.45. The second-order valence-electron chi connectivity index (χ2n) is 15.2. The normalized spacial score (nSPS) is 14.8. The lowest BCUT2D eigenvalue weighted by molar-refractivity contribution is -0.138. The van der Waals surface area contributed by atoms with Crippen molar-refractivity contribution in [2.75, 3.05) is 110 Å². The van der Waals surface area contributed by atoms with Crippen LogP contribution in [-0.4, -0.2) is 146 Å². The zero-order valence-corrected chi connectivity index (χ0v) is 37.6. The second-order valence-corrected chi connectivity index (χ2v) is 15.2. The van der Waals surface area contributed by atoms with E-state index in [0.717, 1.165) is 29.9 Å². The highest BCUT2D eigenvalue weighted by molar-refractivity contribution is 6.26. The predicted octanol–water partition coefficient (Wildman–Crippen LogP) is 5.32. The van der Waals surface area contributed by atoms with Gasteiger partial charge in [-0.05, 0) is 61.7 Å². The highest BCUT2D eigenvalue weighted by Crippen LogP contribution is 2.34. The average molecular weight is 959 g/mol. The third kappa shape index (κ3) is 17.4. The Kier molecular flexibility index (Phi) is 22.3. The van der Waals surface area contributed by atoms with Gasteiger partial charge in [-0.25, -0.2) is 4.79 Å². The molecule has 1 atom stereocenters. The molecule has 1 saturated heterocycles. The summed E-state index contributed by atoms with van der Waals surface area (Å²) in [5.74, 6) is -3.44. The Morgan fingerprint density at radius 3 is 1.79 bits per heavy atom. The minimum atomic E-state index is -4.49. The molecule has 0 aliphatic carbocycles. The Morgan fingerprint density at radius 1 is 0.632 bits per heavy atom. The van der Waals surface area contributed by atoms with Crippen LogP contribution in [0, 0.1) is 0 Å². The number of carbonyl (C=O) groups excluding carboxylic acids is 6. The van der Waals surface area contributed by atoms with Crippen molar-refractivity contribution in [2.24, 2.45) is 0 Å². The summed E-state index contributed by atoms with van der Waals surface area (Å²) in [4.78, 5) is 76.3. The summed E-state index contributed by atoms with van der Waals surface area (Å²) in [5.41, 5.74) is 0.184. The number of nitrogens with one attached hydrogen (secondary N) is 3. The molecule has 3 aromatic rings. The number of imide groups is 2. The van der Waals surface area contributed by atoms with E-state index in [9.17, 15) is 41.9 Å². The van der Waals surface area contributed by atoms with Crippen LogP contribution in [0.15, 0.2) is 66.7 Å². The summed E-state index contributed by atoms with van der Waals surface area (Å²) >= 11 is 0. The highest BCUT2D eigenvalue weighted by atomic mass is 19.4. The number of esters is 1. The van der Waals surface area contributed by atoms with Crippen LogP contribution in [-0.2, 0) is 58.5 Å². The van der Waals surface area contributed by atoms with Crippen LogP contribution in [0.2, 0.25) is 0 Å². The number of benzene rings is 3. The van der Waals surface area contributed by atoms with Gasteiger partial charge in [0.1, 0.15) is 12.6 Å². The molecule has 18 nitrogen and oxygen atoms in total. The molecule has 2 aliphatic heterocycles. The summed E-state index contributed by atoms with van der Waals surface area (Å²) in [5, 5.41) is 7.74. The lowest BCUT2D eigenvalue weighted by Gasteiger charge is -2.27. The summed E-state index contributed by atoms with van der Waals surface area (Å²) in [6.45, 7) is 5.16. The summed E-state index contributed by atoms with van der Waals surface area (Å²) in [6, 6.07) is 14.5. The van der Waals surface area contributed by atoms with Crippen LogP contribution in [0.1, 0.15) is 75.2 Å². The van der Waals surface area contributed by atoms with Crippen LogP contribution in [0.25, 0.3) is 0 Å². The van der Waals surface area contributed by atoms with E-state index >= 15 is 0 Å². The maximum absolute atomic E-state index is 13.2. The minimum Gasteiger partial charge on any atom is -0.460 e. The minimum absolute atomic E-state index is 0.0147. The lowest BCUT2D eigenvalue weighted by atomic mass is 10.0. The number of nitrogens with zero attached hydrogens (tertiary/aromatic N) is 1. The number of fused-ring (bicyclic) bond motifs is 1. The van der Waals surface area contributed by atoms with E-state index in [-0.39, 0.29) is 73.1 Å². The first-order valence-electron chi connectivity index (χ1n) is 22.3. The molecule has 5 amide bonds. The molecule has 3 N–H and O–H groups in total. The molecule has 370 valence electrons. The van der Waals surface area contributed by atoms with Crippen LogP contribution in [0.5, 0.6) is 0 Å². The average Bonchev–Trinajstić information content (AvgIpc) is 3.57. The molecule has 21 heteroatoms. The Morgan fingerprint density at radius 2 is 1.19 bits per heavy atom. The quantitative estimate of drug-likeness (QED) is 0.0410. The van der Waals surface area contributed by atoms with Crippen molar-refractivity contribution in [3.63, 3.8) is 0 Å². The third-order valence-electron chi connectivity index (χ3n) is 10.2. The zero-order valence-electron chi connectivity index (χ0n) is 37.6. The zero-order chi connectivity index (χ0) is 48.6. The fourth-order valence-corrected chi connectivity index (χ4v) is 6.89. The van der Waals surface area contributed by atoms with Crippen LogP contribution < -0.4 is 16.0 Å². The van der Waals surface area contributed by atoms with Crippen molar-refractivity contribution >= 4 is 52.6 Å². The number of rotatable bonds is 32. The molecule has 0 radical (unpaired) electrons. The van der Waals surface area contributed by atoms with E-state index in [1.807, 2.05) is 0 Å². The number of anilines is 3. The number of alkyl halides is 3. The van der Waals surface area contributed by atoms with E-state index in [1.54, 1.807) is 24.3 Å². The van der Waals surface area contributed by atoms with Gasteiger partial charge in [-0.2, -0.15) is 13.2 Å². The number of unbranched alkanes of at least 4 members (excludes halogenated alkanes) is 2. The number of ether oxygens (including phenoxy) is 8. The molecule has 1 fully saturated rings. The van der Waals surface area contributed by atoms with Crippen molar-refractivity contribution < 1.29 is 79.8 Å². The molecule has 68 heavy (non-hydrogen) atoms. The van der Waals surface area contributed by atoms with Gasteiger partial charge in [0, 0.05) is 25.1 Å². The Labute approximate surface area is 391 Å². The van der Waals surface area contributed by atoms with Crippen molar-refractivity contribution in [3.05, 3.63) is 89.0 Å². The number of hydrogen-bond donors (Lipinski definition) is 3. The van der Waals surface area contributed by atoms with Crippen LogP contribution in [0.3, 0.4) is 0 Å². The van der Waals surface area contributed by atoms with Gasteiger partial charge in [0.2, 0.25) is 17.7 Å². The summed E-state index contributed by atoms with van der Waals surface area (Å²) in [6.07, 6.45) is -2.17. The molecule has 0 saturated carbocycles. The van der Waals surface area contributed by atoms with Gasteiger partial charge in [-0.15, -0.1) is 0 Å². The Balaban J connectivity index is 0.752. The van der Waals surface area contributed by atoms with Crippen molar-refractivity contribution in [2.45, 2.75) is 50.7 Å². The smallest absolute Gasteiger partial charge is 0.416 e. The number of halogens is 3. The third-order valence-corrected chi connectivity index (χ3v) is 10.2. The van der Waals surface area contributed by atoms with Crippen LogP contribution in [0.4, 0.5) is 30.2 Å². The summed E-state index contributed by atoms with van der Waals surface area (Å²) < 4.78 is 83.0. The standard InChI is InChI=1S/C47H57F3N4O14/c48-47(49,50)33-8-6-9-34(32-33)51-37-12-4-3-10-35(37)46(60)68-31-30-67-29-28-66-27-26-65-25-24-64-23-22-63-21-20-62-19-18-61-17-5-1-2-14-40(55)52-38-13-7-11-36-42(38)45(59)54(44(36)58)39-15-16-41(56)53-43(39)57/h3-4,6-13,32,39,51H,1-2,5,14-31H2,(H,52,55)(H,53,56,57). The van der Waals surface area contributed by atoms with E-state index in [1.165, 1.54) is 30.3 Å². The number of carbonyl (C=O) groups is 6. The summed E-state index contributed by atoms with van der Waals surface area (Å²) in [7, 11) is 0. The van der Waals surface area contributed by atoms with Crippen LogP contribution >= 0.6 is 0 Å². The fourth-order valence-electron chi connectivity index (χ4n) is 6.89. The first-order chi connectivity index (χ1) is 32.9. The SMILES string of the molecule is O=C1CCC(N2C(=O)c3cccc(NC(=O)CCCCCOCCOCCOCCOCCOCCOCCOCCOC(=O)c4ccccc4Nc4cccc(C(F)(F)F)c4)c3C2=O)C(=O)N1. The van der Waals surface area contributed by atoms with Gasteiger partial charge in [-0.3, -0.25) is 34.2 Å². The first kappa shape index (κ1) is 53.1.